The third-order valence-corrected chi connectivity index (χ3v) is 4.12. The minimum absolute atomic E-state index is 0.0384. The van der Waals surface area contributed by atoms with Crippen molar-refractivity contribution >= 4 is 6.03 Å². The first-order valence-electron chi connectivity index (χ1n) is 7.54. The highest BCUT2D eigenvalue weighted by molar-refractivity contribution is 5.74. The fourth-order valence-corrected chi connectivity index (χ4v) is 2.94. The molecule has 0 aromatic heterocycles. The Balaban J connectivity index is 1.63. The maximum atomic E-state index is 11.8. The molecular weight excluding hydrogens is 224 g/mol. The third kappa shape index (κ3) is 4.71. The number of hydrogen-bond donors (Lipinski definition) is 2. The van der Waals surface area contributed by atoms with E-state index < -0.39 is 0 Å². The van der Waals surface area contributed by atoms with Crippen LogP contribution in [0.25, 0.3) is 0 Å². The summed E-state index contributed by atoms with van der Waals surface area (Å²) in [6.45, 7) is 0.822. The van der Waals surface area contributed by atoms with Gasteiger partial charge in [-0.3, -0.25) is 0 Å². The van der Waals surface area contributed by atoms with Crippen molar-refractivity contribution in [2.45, 2.75) is 63.8 Å². The molecule has 1 unspecified atom stereocenters. The Bertz CT molecular complexity index is 280. The number of rotatable bonds is 3. The normalized spacial score (nSPS) is 25.4. The second-order valence-electron chi connectivity index (χ2n) is 5.69. The maximum absolute atomic E-state index is 11.8. The number of carbonyl (C=O) groups is 1. The summed E-state index contributed by atoms with van der Waals surface area (Å²) in [5, 5.41) is 6.17. The van der Waals surface area contributed by atoms with Crippen LogP contribution in [-0.2, 0) is 0 Å². The molecule has 2 rings (SSSR count). The molecule has 2 aliphatic rings. The van der Waals surface area contributed by atoms with Crippen LogP contribution in [0.2, 0.25) is 0 Å². The van der Waals surface area contributed by atoms with Gasteiger partial charge >= 0.3 is 6.03 Å². The molecule has 0 bridgehead atoms. The summed E-state index contributed by atoms with van der Waals surface area (Å²) in [5.74, 6) is 0.634. The molecule has 0 heterocycles. The molecular formula is C15H26N2O. The van der Waals surface area contributed by atoms with E-state index in [0.29, 0.717) is 12.0 Å². The zero-order valence-corrected chi connectivity index (χ0v) is 11.3. The molecule has 2 aliphatic carbocycles. The molecule has 102 valence electrons. The van der Waals surface area contributed by atoms with E-state index in [-0.39, 0.29) is 6.03 Å². The minimum Gasteiger partial charge on any atom is -0.338 e. The molecule has 0 radical (unpaired) electrons. The van der Waals surface area contributed by atoms with Crippen LogP contribution in [-0.4, -0.2) is 18.6 Å². The zero-order chi connectivity index (χ0) is 12.6. The molecule has 3 nitrogen and oxygen atoms in total. The zero-order valence-electron chi connectivity index (χ0n) is 11.3. The van der Waals surface area contributed by atoms with Gasteiger partial charge in [0.1, 0.15) is 0 Å². The van der Waals surface area contributed by atoms with Gasteiger partial charge in [-0.2, -0.15) is 0 Å². The number of nitrogens with one attached hydrogen (secondary N) is 2. The predicted molar refractivity (Wildman–Crippen MR) is 74.5 cm³/mol. The molecule has 2 N–H and O–H groups in total. The lowest BCUT2D eigenvalue weighted by molar-refractivity contribution is 0.233. The Morgan fingerprint density at radius 3 is 2.50 bits per heavy atom. The first-order valence-corrected chi connectivity index (χ1v) is 7.54. The minimum atomic E-state index is 0.0384. The summed E-state index contributed by atoms with van der Waals surface area (Å²) >= 11 is 0. The van der Waals surface area contributed by atoms with Gasteiger partial charge < -0.3 is 10.6 Å². The number of urea groups is 1. The van der Waals surface area contributed by atoms with Crippen LogP contribution < -0.4 is 10.6 Å². The second-order valence-corrected chi connectivity index (χ2v) is 5.69. The number of hydrogen-bond acceptors (Lipinski definition) is 1. The quantitative estimate of drug-likeness (QED) is 0.585. The Morgan fingerprint density at radius 2 is 1.83 bits per heavy atom. The van der Waals surface area contributed by atoms with Crippen molar-refractivity contribution in [1.82, 2.24) is 10.6 Å². The van der Waals surface area contributed by atoms with Gasteiger partial charge in [0.25, 0.3) is 0 Å². The molecule has 0 saturated heterocycles. The Kier molecular flexibility index (Phi) is 5.56. The van der Waals surface area contributed by atoms with Gasteiger partial charge in [0.2, 0.25) is 0 Å². The summed E-state index contributed by atoms with van der Waals surface area (Å²) in [6.07, 6.45) is 15.4. The van der Waals surface area contributed by atoms with Crippen molar-refractivity contribution in [3.05, 3.63) is 12.2 Å². The maximum Gasteiger partial charge on any atom is 0.315 e. The largest absolute Gasteiger partial charge is 0.338 e. The highest BCUT2D eigenvalue weighted by atomic mass is 16.2. The molecule has 18 heavy (non-hydrogen) atoms. The molecule has 0 aromatic carbocycles. The Morgan fingerprint density at radius 1 is 1.06 bits per heavy atom. The SMILES string of the molecule is O=C(NCC1CC=CCC1)NC1CCCCCC1. The number of amides is 2. The molecule has 1 atom stereocenters. The van der Waals surface area contributed by atoms with Crippen LogP contribution >= 0.6 is 0 Å². The third-order valence-electron chi connectivity index (χ3n) is 4.12. The van der Waals surface area contributed by atoms with E-state index >= 15 is 0 Å². The average Bonchev–Trinajstić information content (AvgIpc) is 2.66. The van der Waals surface area contributed by atoms with Crippen LogP contribution in [0, 0.1) is 5.92 Å². The fourth-order valence-electron chi connectivity index (χ4n) is 2.94. The smallest absolute Gasteiger partial charge is 0.315 e. The molecule has 2 amide bonds. The predicted octanol–water partition coefficient (Wildman–Crippen LogP) is 3.36. The van der Waals surface area contributed by atoms with Gasteiger partial charge in [-0.1, -0.05) is 37.8 Å². The van der Waals surface area contributed by atoms with Crippen LogP contribution in [0.15, 0.2) is 12.2 Å². The van der Waals surface area contributed by atoms with Gasteiger partial charge in [0.05, 0.1) is 0 Å². The molecule has 3 heteroatoms. The monoisotopic (exact) mass is 250 g/mol. The van der Waals surface area contributed by atoms with Gasteiger partial charge in [0, 0.05) is 12.6 Å². The number of carbonyl (C=O) groups excluding carboxylic acids is 1. The van der Waals surface area contributed by atoms with Crippen LogP contribution in [0.3, 0.4) is 0 Å². The van der Waals surface area contributed by atoms with Crippen LogP contribution in [0.4, 0.5) is 4.79 Å². The van der Waals surface area contributed by atoms with Crippen molar-refractivity contribution in [2.75, 3.05) is 6.54 Å². The first kappa shape index (κ1) is 13.4. The van der Waals surface area contributed by atoms with Gasteiger partial charge in [-0.25, -0.2) is 4.79 Å². The van der Waals surface area contributed by atoms with Crippen LogP contribution in [0.5, 0.6) is 0 Å². The topological polar surface area (TPSA) is 41.1 Å². The molecule has 1 fully saturated rings. The van der Waals surface area contributed by atoms with Crippen LogP contribution in [0.1, 0.15) is 57.8 Å². The fraction of sp³-hybridized carbons (Fsp3) is 0.800. The Hall–Kier alpha value is -0.990. The Labute approximate surface area is 110 Å². The van der Waals surface area contributed by atoms with Crippen molar-refractivity contribution < 1.29 is 4.79 Å². The van der Waals surface area contributed by atoms with E-state index in [1.54, 1.807) is 0 Å². The summed E-state index contributed by atoms with van der Waals surface area (Å²) in [7, 11) is 0. The summed E-state index contributed by atoms with van der Waals surface area (Å²) < 4.78 is 0. The van der Waals surface area contributed by atoms with E-state index in [1.807, 2.05) is 0 Å². The molecule has 0 aromatic rings. The van der Waals surface area contributed by atoms with Gasteiger partial charge in [0.15, 0.2) is 0 Å². The average molecular weight is 250 g/mol. The summed E-state index contributed by atoms with van der Waals surface area (Å²) in [5.41, 5.74) is 0. The van der Waals surface area contributed by atoms with Crippen molar-refractivity contribution in [2.24, 2.45) is 5.92 Å². The molecule has 1 saturated carbocycles. The first-order chi connectivity index (χ1) is 8.84. The van der Waals surface area contributed by atoms with E-state index in [2.05, 4.69) is 22.8 Å². The van der Waals surface area contributed by atoms with Crippen molar-refractivity contribution in [3.63, 3.8) is 0 Å². The van der Waals surface area contributed by atoms with E-state index in [1.165, 1.54) is 32.1 Å². The molecule has 0 aliphatic heterocycles. The highest BCUT2D eigenvalue weighted by Crippen LogP contribution is 2.18. The highest BCUT2D eigenvalue weighted by Gasteiger charge is 2.15. The lowest BCUT2D eigenvalue weighted by Crippen LogP contribution is -2.43. The standard InChI is InChI=1S/C15H26N2O/c18-15(16-12-13-8-4-3-5-9-13)17-14-10-6-1-2-7-11-14/h3-4,13-14H,1-2,5-12H2,(H2,16,17,18). The summed E-state index contributed by atoms with van der Waals surface area (Å²) in [6, 6.07) is 0.440. The van der Waals surface area contributed by atoms with E-state index in [9.17, 15) is 4.79 Å². The summed E-state index contributed by atoms with van der Waals surface area (Å²) in [4.78, 5) is 11.8. The van der Waals surface area contributed by atoms with Gasteiger partial charge in [-0.15, -0.1) is 0 Å². The lowest BCUT2D eigenvalue weighted by Gasteiger charge is -2.20. The second kappa shape index (κ2) is 7.45. The number of allylic oxidation sites excluding steroid dienone is 2. The van der Waals surface area contributed by atoms with Gasteiger partial charge in [-0.05, 0) is 38.0 Å². The van der Waals surface area contributed by atoms with E-state index in [0.717, 1.165) is 32.2 Å². The van der Waals surface area contributed by atoms with E-state index in [4.69, 9.17) is 0 Å². The lowest BCUT2D eigenvalue weighted by atomic mass is 9.94. The van der Waals surface area contributed by atoms with Crippen molar-refractivity contribution in [3.8, 4) is 0 Å². The van der Waals surface area contributed by atoms with Crippen molar-refractivity contribution in [1.29, 1.82) is 0 Å². The molecule has 0 spiro atoms.